The summed E-state index contributed by atoms with van der Waals surface area (Å²) in [6.07, 6.45) is 2.54. The molecule has 3 heterocycles. The first kappa shape index (κ1) is 11.1. The average molecular weight is 309 g/mol. The summed E-state index contributed by atoms with van der Waals surface area (Å²) in [5, 5.41) is 7.26. The van der Waals surface area contributed by atoms with Crippen molar-refractivity contribution in [1.29, 1.82) is 0 Å². The maximum absolute atomic E-state index is 5.65. The van der Waals surface area contributed by atoms with Crippen LogP contribution in [0, 0.1) is 0 Å². The van der Waals surface area contributed by atoms with Crippen molar-refractivity contribution < 1.29 is 4.63 Å². The van der Waals surface area contributed by atoms with Gasteiger partial charge in [-0.15, -0.1) is 0 Å². The minimum Gasteiger partial charge on any atom is -0.379 e. The lowest BCUT2D eigenvalue weighted by atomic mass is 10.2. The van der Waals surface area contributed by atoms with Gasteiger partial charge in [-0.1, -0.05) is 6.92 Å². The van der Waals surface area contributed by atoms with E-state index in [9.17, 15) is 0 Å². The number of nitrogens with zero attached hydrogens (tertiary/aromatic N) is 4. The fourth-order valence-electron chi connectivity index (χ4n) is 1.76. The van der Waals surface area contributed by atoms with Crippen LogP contribution in [0.25, 0.3) is 22.6 Å². The Labute approximate surface area is 110 Å². The van der Waals surface area contributed by atoms with Crippen molar-refractivity contribution in [3.8, 4) is 11.5 Å². The Morgan fingerprint density at radius 1 is 1.44 bits per heavy atom. The second kappa shape index (κ2) is 4.05. The van der Waals surface area contributed by atoms with Gasteiger partial charge in [0, 0.05) is 6.20 Å². The highest BCUT2D eigenvalue weighted by Gasteiger charge is 2.16. The van der Waals surface area contributed by atoms with Crippen LogP contribution in [0.1, 0.15) is 12.6 Å². The second-order valence-electron chi connectivity index (χ2n) is 3.71. The smallest absolute Gasteiger partial charge is 0.199 e. The fraction of sp³-hybridized carbons (Fsp3) is 0.200. The van der Waals surface area contributed by atoms with Crippen molar-refractivity contribution in [2.75, 3.05) is 5.73 Å². The number of pyridine rings is 1. The Balaban J connectivity index is 2.28. The number of hydrogen-bond acceptors (Lipinski definition) is 6. The van der Waals surface area contributed by atoms with Crippen LogP contribution in [0.3, 0.4) is 0 Å². The molecule has 8 heteroatoms. The number of imidazole rings is 1. The lowest BCUT2D eigenvalue weighted by Gasteiger charge is -1.97. The standard InChI is InChI=1S/C10H9BrN6O/c1-2-5-7-6(4(11)3-13-5)14-10(15-7)8-9(12)17-18-16-8/h3H,2H2,1H3,(H2,12,17)(H,14,15). The maximum atomic E-state index is 5.65. The van der Waals surface area contributed by atoms with E-state index in [1.807, 2.05) is 6.92 Å². The van der Waals surface area contributed by atoms with Gasteiger partial charge in [0.1, 0.15) is 5.52 Å². The van der Waals surface area contributed by atoms with Crippen LogP contribution in [-0.4, -0.2) is 25.3 Å². The third-order valence-electron chi connectivity index (χ3n) is 2.63. The molecule has 0 aliphatic rings. The summed E-state index contributed by atoms with van der Waals surface area (Å²) in [7, 11) is 0. The van der Waals surface area contributed by atoms with Crippen molar-refractivity contribution in [1.82, 2.24) is 25.3 Å². The van der Waals surface area contributed by atoms with Gasteiger partial charge in [0.15, 0.2) is 17.3 Å². The van der Waals surface area contributed by atoms with Gasteiger partial charge in [0.2, 0.25) is 0 Å². The van der Waals surface area contributed by atoms with Crippen molar-refractivity contribution in [3.05, 3.63) is 16.4 Å². The third kappa shape index (κ3) is 1.57. The highest BCUT2D eigenvalue weighted by atomic mass is 79.9. The molecule has 0 aliphatic carbocycles. The Kier molecular flexibility index (Phi) is 2.51. The number of aryl methyl sites for hydroxylation is 1. The molecule has 0 fully saturated rings. The van der Waals surface area contributed by atoms with Crippen LogP contribution < -0.4 is 5.73 Å². The van der Waals surface area contributed by atoms with Gasteiger partial charge in [-0.25, -0.2) is 9.61 Å². The van der Waals surface area contributed by atoms with Crippen molar-refractivity contribution >= 4 is 32.8 Å². The number of aromatic amines is 1. The molecule has 18 heavy (non-hydrogen) atoms. The highest BCUT2D eigenvalue weighted by Crippen LogP contribution is 2.28. The van der Waals surface area contributed by atoms with E-state index in [1.165, 1.54) is 0 Å². The summed E-state index contributed by atoms with van der Waals surface area (Å²) >= 11 is 3.42. The molecular weight excluding hydrogens is 300 g/mol. The molecule has 0 aromatic carbocycles. The van der Waals surface area contributed by atoms with E-state index in [1.54, 1.807) is 6.20 Å². The monoisotopic (exact) mass is 308 g/mol. The molecule has 0 atom stereocenters. The van der Waals surface area contributed by atoms with E-state index < -0.39 is 0 Å². The zero-order chi connectivity index (χ0) is 12.7. The number of fused-ring (bicyclic) bond motifs is 1. The summed E-state index contributed by atoms with van der Waals surface area (Å²) in [6, 6.07) is 0. The zero-order valence-corrected chi connectivity index (χ0v) is 11.0. The van der Waals surface area contributed by atoms with E-state index in [0.29, 0.717) is 11.5 Å². The Morgan fingerprint density at radius 2 is 2.28 bits per heavy atom. The van der Waals surface area contributed by atoms with Crippen LogP contribution >= 0.6 is 15.9 Å². The van der Waals surface area contributed by atoms with Crippen molar-refractivity contribution in [2.24, 2.45) is 0 Å². The van der Waals surface area contributed by atoms with Gasteiger partial charge >= 0.3 is 0 Å². The molecule has 0 aliphatic heterocycles. The number of H-pyrrole nitrogens is 1. The lowest BCUT2D eigenvalue weighted by molar-refractivity contribution is 0.310. The van der Waals surface area contributed by atoms with Gasteiger partial charge < -0.3 is 10.7 Å². The summed E-state index contributed by atoms with van der Waals surface area (Å²) in [6.45, 7) is 2.03. The lowest BCUT2D eigenvalue weighted by Crippen LogP contribution is -1.90. The largest absolute Gasteiger partial charge is 0.379 e. The molecule has 0 unspecified atom stereocenters. The first-order valence-electron chi connectivity index (χ1n) is 5.32. The molecule has 3 aromatic heterocycles. The molecule has 0 spiro atoms. The summed E-state index contributed by atoms with van der Waals surface area (Å²) in [5.74, 6) is 0.725. The molecule has 92 valence electrons. The van der Waals surface area contributed by atoms with Gasteiger partial charge in [0.05, 0.1) is 15.7 Å². The number of nitrogens with two attached hydrogens (primary N) is 1. The SMILES string of the molecule is CCc1ncc(Br)c2nc(-c3nonc3N)[nH]c12. The Morgan fingerprint density at radius 3 is 2.94 bits per heavy atom. The van der Waals surface area contributed by atoms with Gasteiger partial charge in [0.25, 0.3) is 0 Å². The fourth-order valence-corrected chi connectivity index (χ4v) is 2.14. The molecule has 3 aromatic rings. The molecule has 7 nitrogen and oxygen atoms in total. The van der Waals surface area contributed by atoms with E-state index >= 15 is 0 Å². The quantitative estimate of drug-likeness (QED) is 0.749. The van der Waals surface area contributed by atoms with Crippen LogP contribution in [-0.2, 0) is 6.42 Å². The predicted octanol–water partition coefficient (Wildman–Crippen LogP) is 1.92. The average Bonchev–Trinajstić information content (AvgIpc) is 2.96. The van der Waals surface area contributed by atoms with E-state index in [4.69, 9.17) is 5.73 Å². The molecule has 0 saturated carbocycles. The van der Waals surface area contributed by atoms with Crippen LogP contribution in [0.4, 0.5) is 5.82 Å². The molecule has 0 amide bonds. The first-order valence-corrected chi connectivity index (χ1v) is 6.11. The highest BCUT2D eigenvalue weighted by molar-refractivity contribution is 9.10. The molecule has 3 rings (SSSR count). The minimum atomic E-state index is 0.205. The summed E-state index contributed by atoms with van der Waals surface area (Å²) < 4.78 is 5.38. The summed E-state index contributed by atoms with van der Waals surface area (Å²) in [4.78, 5) is 11.9. The number of nitrogens with one attached hydrogen (secondary N) is 1. The molecule has 0 radical (unpaired) electrons. The van der Waals surface area contributed by atoms with E-state index in [-0.39, 0.29) is 5.82 Å². The number of aromatic nitrogens is 5. The van der Waals surface area contributed by atoms with Gasteiger partial charge in [-0.05, 0) is 32.7 Å². The van der Waals surface area contributed by atoms with E-state index in [2.05, 4.69) is 45.8 Å². The number of nitrogen functional groups attached to an aromatic ring is 1. The van der Waals surface area contributed by atoms with Crippen LogP contribution in [0.5, 0.6) is 0 Å². The number of hydrogen-bond donors (Lipinski definition) is 2. The topological polar surface area (TPSA) is 107 Å². The number of halogens is 1. The van der Waals surface area contributed by atoms with E-state index in [0.717, 1.165) is 27.6 Å². The first-order chi connectivity index (χ1) is 8.70. The van der Waals surface area contributed by atoms with Crippen LogP contribution in [0.15, 0.2) is 15.3 Å². The molecule has 0 bridgehead atoms. The number of rotatable bonds is 2. The van der Waals surface area contributed by atoms with Crippen LogP contribution in [0.2, 0.25) is 0 Å². The maximum Gasteiger partial charge on any atom is 0.199 e. The Hall–Kier alpha value is -1.96. The summed E-state index contributed by atoms with van der Waals surface area (Å²) in [5.41, 5.74) is 8.64. The van der Waals surface area contributed by atoms with Gasteiger partial charge in [-0.3, -0.25) is 4.98 Å². The minimum absolute atomic E-state index is 0.205. The zero-order valence-electron chi connectivity index (χ0n) is 9.44. The molecular formula is C10H9BrN6O. The predicted molar refractivity (Wildman–Crippen MR) is 68.7 cm³/mol. The van der Waals surface area contributed by atoms with Crippen molar-refractivity contribution in [2.45, 2.75) is 13.3 Å². The molecule has 3 N–H and O–H groups in total. The normalized spacial score (nSPS) is 11.2. The Bertz CT molecular complexity index is 718. The molecule has 0 saturated heterocycles. The second-order valence-corrected chi connectivity index (χ2v) is 4.57. The van der Waals surface area contributed by atoms with Crippen molar-refractivity contribution in [3.63, 3.8) is 0 Å². The van der Waals surface area contributed by atoms with Gasteiger partial charge in [-0.2, -0.15) is 0 Å². The third-order valence-corrected chi connectivity index (χ3v) is 3.21. The number of anilines is 1.